The van der Waals surface area contributed by atoms with Gasteiger partial charge in [0.2, 0.25) is 0 Å². The zero-order valence-corrected chi connectivity index (χ0v) is 9.42. The maximum Gasteiger partial charge on any atom is 0.151 e. The monoisotopic (exact) mass is 330 g/mol. The SMILES string of the molecule is Fc1c(Br)cc(Br)cc1Br. The molecule has 10 heavy (non-hydrogen) atoms. The lowest BCUT2D eigenvalue weighted by Crippen LogP contribution is -1.78. The van der Waals surface area contributed by atoms with Crippen molar-refractivity contribution < 1.29 is 4.39 Å². The van der Waals surface area contributed by atoms with E-state index in [0.29, 0.717) is 8.95 Å². The Balaban J connectivity index is 3.31. The molecule has 1 aromatic rings. The largest absolute Gasteiger partial charge is 0.205 e. The molecule has 0 aromatic heterocycles. The molecule has 0 unspecified atom stereocenters. The van der Waals surface area contributed by atoms with E-state index in [1.165, 1.54) is 0 Å². The summed E-state index contributed by atoms with van der Waals surface area (Å²) in [6.07, 6.45) is 0. The topological polar surface area (TPSA) is 0 Å². The highest BCUT2D eigenvalue weighted by atomic mass is 79.9. The van der Waals surface area contributed by atoms with E-state index in [9.17, 15) is 4.39 Å². The molecule has 0 fully saturated rings. The Morgan fingerprint density at radius 1 is 1.00 bits per heavy atom. The van der Waals surface area contributed by atoms with Crippen LogP contribution in [0.1, 0.15) is 0 Å². The Kier molecular flexibility index (Phi) is 2.89. The van der Waals surface area contributed by atoms with Crippen LogP contribution in [0.4, 0.5) is 4.39 Å². The summed E-state index contributed by atoms with van der Waals surface area (Å²) in [5.41, 5.74) is 0. The third-order valence-electron chi connectivity index (χ3n) is 0.949. The minimum atomic E-state index is -0.275. The van der Waals surface area contributed by atoms with Gasteiger partial charge in [-0.25, -0.2) is 4.39 Å². The smallest absolute Gasteiger partial charge is 0.151 e. The van der Waals surface area contributed by atoms with Crippen molar-refractivity contribution in [3.05, 3.63) is 31.4 Å². The van der Waals surface area contributed by atoms with E-state index in [-0.39, 0.29) is 5.82 Å². The highest BCUT2D eigenvalue weighted by Crippen LogP contribution is 2.27. The van der Waals surface area contributed by atoms with E-state index in [2.05, 4.69) is 47.8 Å². The highest BCUT2D eigenvalue weighted by Gasteiger charge is 2.04. The van der Waals surface area contributed by atoms with E-state index >= 15 is 0 Å². The summed E-state index contributed by atoms with van der Waals surface area (Å²) >= 11 is 9.34. The maximum atomic E-state index is 12.8. The summed E-state index contributed by atoms with van der Waals surface area (Å²) in [5, 5.41) is 0. The molecule has 0 heterocycles. The minimum Gasteiger partial charge on any atom is -0.205 e. The summed E-state index contributed by atoms with van der Waals surface area (Å²) in [7, 11) is 0. The summed E-state index contributed by atoms with van der Waals surface area (Å²) in [6, 6.07) is 3.31. The standard InChI is InChI=1S/C6H2Br3F/c7-3-1-4(8)6(10)5(9)2-3/h1-2H. The fourth-order valence-electron chi connectivity index (χ4n) is 0.525. The van der Waals surface area contributed by atoms with E-state index in [1.807, 2.05) is 0 Å². The van der Waals surface area contributed by atoms with Crippen LogP contribution in [0.25, 0.3) is 0 Å². The first-order chi connectivity index (χ1) is 4.61. The Hall–Kier alpha value is 0.590. The van der Waals surface area contributed by atoms with Crippen molar-refractivity contribution >= 4 is 47.8 Å². The van der Waals surface area contributed by atoms with Crippen LogP contribution in [0, 0.1) is 5.82 Å². The first-order valence-electron chi connectivity index (χ1n) is 2.41. The molecule has 0 radical (unpaired) electrons. The van der Waals surface area contributed by atoms with Crippen LogP contribution in [0.3, 0.4) is 0 Å². The van der Waals surface area contributed by atoms with Gasteiger partial charge in [0.15, 0.2) is 5.82 Å². The molecule has 0 aliphatic carbocycles. The lowest BCUT2D eigenvalue weighted by Gasteiger charge is -1.97. The molecule has 54 valence electrons. The van der Waals surface area contributed by atoms with Crippen LogP contribution >= 0.6 is 47.8 Å². The summed E-state index contributed by atoms with van der Waals surface area (Å²) < 4.78 is 14.5. The highest BCUT2D eigenvalue weighted by molar-refractivity contribution is 9.11. The van der Waals surface area contributed by atoms with Gasteiger partial charge in [-0.2, -0.15) is 0 Å². The maximum absolute atomic E-state index is 12.8. The first kappa shape index (κ1) is 8.68. The molecule has 0 nitrogen and oxygen atoms in total. The average Bonchev–Trinajstić information content (AvgIpc) is 1.82. The van der Waals surface area contributed by atoms with Crippen molar-refractivity contribution in [1.82, 2.24) is 0 Å². The molecule has 0 amide bonds. The van der Waals surface area contributed by atoms with Gasteiger partial charge in [0.05, 0.1) is 8.95 Å². The Morgan fingerprint density at radius 2 is 1.40 bits per heavy atom. The quantitative estimate of drug-likeness (QED) is 0.495. The summed E-state index contributed by atoms with van der Waals surface area (Å²) in [5.74, 6) is -0.275. The third-order valence-corrected chi connectivity index (χ3v) is 2.56. The molecule has 0 N–H and O–H groups in total. The van der Waals surface area contributed by atoms with Gasteiger partial charge in [-0.05, 0) is 44.0 Å². The second-order valence-corrected chi connectivity index (χ2v) is 4.31. The van der Waals surface area contributed by atoms with Crippen LogP contribution in [0.2, 0.25) is 0 Å². The fraction of sp³-hybridized carbons (Fsp3) is 0. The Morgan fingerprint density at radius 3 is 1.80 bits per heavy atom. The third kappa shape index (κ3) is 1.80. The zero-order chi connectivity index (χ0) is 7.72. The molecule has 0 saturated carbocycles. The predicted octanol–water partition coefficient (Wildman–Crippen LogP) is 4.11. The van der Waals surface area contributed by atoms with Gasteiger partial charge in [-0.15, -0.1) is 0 Å². The Labute approximate surface area is 83.2 Å². The van der Waals surface area contributed by atoms with Crippen molar-refractivity contribution in [2.45, 2.75) is 0 Å². The van der Waals surface area contributed by atoms with Crippen molar-refractivity contribution in [3.8, 4) is 0 Å². The molecule has 1 aromatic carbocycles. The predicted molar refractivity (Wildman–Crippen MR) is 49.5 cm³/mol. The molecule has 0 saturated heterocycles. The molecule has 0 atom stereocenters. The van der Waals surface area contributed by atoms with E-state index in [4.69, 9.17) is 0 Å². The minimum absolute atomic E-state index is 0.275. The first-order valence-corrected chi connectivity index (χ1v) is 4.79. The van der Waals surface area contributed by atoms with Crippen molar-refractivity contribution in [1.29, 1.82) is 0 Å². The van der Waals surface area contributed by atoms with Crippen molar-refractivity contribution in [3.63, 3.8) is 0 Å². The molecule has 4 heteroatoms. The van der Waals surface area contributed by atoms with Gasteiger partial charge in [-0.1, -0.05) is 15.9 Å². The van der Waals surface area contributed by atoms with E-state index in [0.717, 1.165) is 4.47 Å². The lowest BCUT2D eigenvalue weighted by atomic mass is 10.4. The van der Waals surface area contributed by atoms with E-state index in [1.54, 1.807) is 12.1 Å². The second-order valence-electron chi connectivity index (χ2n) is 1.68. The Bertz CT molecular complexity index is 236. The zero-order valence-electron chi connectivity index (χ0n) is 4.67. The second kappa shape index (κ2) is 3.32. The number of hydrogen-bond acceptors (Lipinski definition) is 0. The van der Waals surface area contributed by atoms with Gasteiger partial charge in [0.25, 0.3) is 0 Å². The molecule has 0 spiro atoms. The van der Waals surface area contributed by atoms with E-state index < -0.39 is 0 Å². The van der Waals surface area contributed by atoms with Gasteiger partial charge in [0, 0.05) is 4.47 Å². The van der Waals surface area contributed by atoms with Crippen LogP contribution in [0.15, 0.2) is 25.6 Å². The number of hydrogen-bond donors (Lipinski definition) is 0. The van der Waals surface area contributed by atoms with Crippen molar-refractivity contribution in [2.24, 2.45) is 0 Å². The van der Waals surface area contributed by atoms with Gasteiger partial charge >= 0.3 is 0 Å². The van der Waals surface area contributed by atoms with Crippen LogP contribution in [-0.2, 0) is 0 Å². The van der Waals surface area contributed by atoms with Gasteiger partial charge < -0.3 is 0 Å². The molecule has 0 aliphatic heterocycles. The number of halogens is 4. The molecule has 0 aliphatic rings. The molecule has 1 rings (SSSR count). The van der Waals surface area contributed by atoms with Crippen molar-refractivity contribution in [2.75, 3.05) is 0 Å². The molecule has 0 bridgehead atoms. The molecular formula is C6H2Br3F. The molecular weight excluding hydrogens is 331 g/mol. The fourth-order valence-corrected chi connectivity index (χ4v) is 2.78. The lowest BCUT2D eigenvalue weighted by molar-refractivity contribution is 0.614. The summed E-state index contributed by atoms with van der Waals surface area (Å²) in [4.78, 5) is 0. The normalized spacial score (nSPS) is 10.0. The van der Waals surface area contributed by atoms with Crippen LogP contribution in [0.5, 0.6) is 0 Å². The van der Waals surface area contributed by atoms with Gasteiger partial charge in [-0.3, -0.25) is 0 Å². The number of rotatable bonds is 0. The van der Waals surface area contributed by atoms with Crippen LogP contribution < -0.4 is 0 Å². The summed E-state index contributed by atoms with van der Waals surface area (Å²) in [6.45, 7) is 0. The average molecular weight is 333 g/mol. The van der Waals surface area contributed by atoms with Gasteiger partial charge in [0.1, 0.15) is 0 Å². The number of benzene rings is 1. The van der Waals surface area contributed by atoms with Crippen LogP contribution in [-0.4, -0.2) is 0 Å².